The number of rotatable bonds is 10. The Balaban J connectivity index is 1.91. The molecule has 0 aliphatic rings. The van der Waals surface area contributed by atoms with E-state index in [4.69, 9.17) is 15.9 Å². The zero-order valence-electron chi connectivity index (χ0n) is 19.0. The summed E-state index contributed by atoms with van der Waals surface area (Å²) < 4.78 is 30.2. The molecule has 182 valence electrons. The first-order valence-corrected chi connectivity index (χ1v) is 11.8. The van der Waals surface area contributed by atoms with Gasteiger partial charge in [-0.3, -0.25) is 23.5 Å². The van der Waals surface area contributed by atoms with E-state index in [2.05, 4.69) is 5.32 Å². The molecule has 10 heteroatoms. The van der Waals surface area contributed by atoms with E-state index in [0.29, 0.717) is 33.8 Å². The van der Waals surface area contributed by atoms with Crippen molar-refractivity contribution in [1.29, 1.82) is 5.41 Å². The Hall–Kier alpha value is -4.02. The molecule has 0 bridgehead atoms. The normalized spacial score (nSPS) is 11.4. The number of hydrogen-bond donors (Lipinski definition) is 3. The SMILES string of the molecule is CCOC(=O)Cc1ccc(N(c2ccccc2)S(=O)[O-])cc1NC(=O)Cc1ccc(C(=N)N)cc1. The molecular weight excluding hydrogens is 468 g/mol. The van der Waals surface area contributed by atoms with Gasteiger partial charge in [0.2, 0.25) is 5.91 Å². The molecule has 0 aromatic heterocycles. The molecule has 35 heavy (non-hydrogen) atoms. The van der Waals surface area contributed by atoms with Gasteiger partial charge < -0.3 is 20.3 Å². The van der Waals surface area contributed by atoms with Crippen LogP contribution < -0.4 is 15.4 Å². The number of para-hydroxylation sites is 1. The Morgan fingerprint density at radius 1 is 1.03 bits per heavy atom. The van der Waals surface area contributed by atoms with Crippen LogP contribution in [0, 0.1) is 5.41 Å². The summed E-state index contributed by atoms with van der Waals surface area (Å²) in [6.45, 7) is 1.91. The van der Waals surface area contributed by atoms with Crippen LogP contribution in [0.3, 0.4) is 0 Å². The largest absolute Gasteiger partial charge is 0.755 e. The Bertz CT molecular complexity index is 1230. The number of esters is 1. The molecule has 1 atom stereocenters. The van der Waals surface area contributed by atoms with E-state index in [1.165, 1.54) is 6.07 Å². The molecule has 0 fully saturated rings. The third-order valence-electron chi connectivity index (χ3n) is 5.01. The van der Waals surface area contributed by atoms with Crippen LogP contribution in [0.2, 0.25) is 0 Å². The van der Waals surface area contributed by atoms with Crippen LogP contribution >= 0.6 is 0 Å². The first-order valence-electron chi connectivity index (χ1n) is 10.7. The summed E-state index contributed by atoms with van der Waals surface area (Å²) in [7, 11) is 0. The fourth-order valence-corrected chi connectivity index (χ4v) is 3.97. The van der Waals surface area contributed by atoms with Gasteiger partial charge in [-0.15, -0.1) is 0 Å². The minimum Gasteiger partial charge on any atom is -0.755 e. The minimum atomic E-state index is -2.63. The lowest BCUT2D eigenvalue weighted by Gasteiger charge is -2.27. The second-order valence-electron chi connectivity index (χ2n) is 7.51. The molecule has 0 heterocycles. The molecular formula is C25H25N4O5S-. The van der Waals surface area contributed by atoms with Crippen LogP contribution in [0.15, 0.2) is 72.8 Å². The zero-order chi connectivity index (χ0) is 25.4. The van der Waals surface area contributed by atoms with Gasteiger partial charge in [0.25, 0.3) is 0 Å². The van der Waals surface area contributed by atoms with Gasteiger partial charge in [0, 0.05) is 11.3 Å². The third kappa shape index (κ3) is 6.98. The van der Waals surface area contributed by atoms with Gasteiger partial charge in [-0.05, 0) is 42.3 Å². The monoisotopic (exact) mass is 493 g/mol. The van der Waals surface area contributed by atoms with Crippen LogP contribution in [0.25, 0.3) is 0 Å². The summed E-state index contributed by atoms with van der Waals surface area (Å²) in [6, 6.07) is 19.8. The van der Waals surface area contributed by atoms with Crippen molar-refractivity contribution in [2.75, 3.05) is 16.2 Å². The summed E-state index contributed by atoms with van der Waals surface area (Å²) in [6.07, 6.45) is -0.0695. The average molecular weight is 494 g/mol. The first-order chi connectivity index (χ1) is 16.8. The van der Waals surface area contributed by atoms with Crippen molar-refractivity contribution in [1.82, 2.24) is 0 Å². The highest BCUT2D eigenvalue weighted by Gasteiger charge is 2.17. The molecule has 0 saturated heterocycles. The molecule has 1 unspecified atom stereocenters. The van der Waals surface area contributed by atoms with Gasteiger partial charge in [0.15, 0.2) is 0 Å². The van der Waals surface area contributed by atoms with Crippen LogP contribution in [0.4, 0.5) is 17.1 Å². The van der Waals surface area contributed by atoms with E-state index in [9.17, 15) is 18.4 Å². The molecule has 1 amide bonds. The van der Waals surface area contributed by atoms with Crippen molar-refractivity contribution in [2.24, 2.45) is 5.73 Å². The van der Waals surface area contributed by atoms with E-state index in [-0.39, 0.29) is 31.2 Å². The molecule has 0 saturated carbocycles. The van der Waals surface area contributed by atoms with Crippen molar-refractivity contribution in [3.63, 3.8) is 0 Å². The molecule has 0 radical (unpaired) electrons. The molecule has 0 aliphatic carbocycles. The molecule has 3 aromatic carbocycles. The van der Waals surface area contributed by atoms with Crippen molar-refractivity contribution >= 4 is 46.0 Å². The van der Waals surface area contributed by atoms with Gasteiger partial charge >= 0.3 is 5.97 Å². The van der Waals surface area contributed by atoms with Crippen LogP contribution in [0.5, 0.6) is 0 Å². The molecule has 0 spiro atoms. The quantitative estimate of drug-likeness (QED) is 0.171. The van der Waals surface area contributed by atoms with Crippen LogP contribution in [0.1, 0.15) is 23.6 Å². The van der Waals surface area contributed by atoms with Gasteiger partial charge in [-0.1, -0.05) is 48.5 Å². The smallest absolute Gasteiger partial charge is 0.310 e. The highest BCUT2D eigenvalue weighted by molar-refractivity contribution is 7.81. The first kappa shape index (κ1) is 25.6. The Kier molecular flexibility index (Phi) is 8.71. The average Bonchev–Trinajstić information content (AvgIpc) is 2.82. The predicted molar refractivity (Wildman–Crippen MR) is 134 cm³/mol. The Labute approximate surface area is 205 Å². The number of amidine groups is 1. The number of nitrogens with zero attached hydrogens (tertiary/aromatic N) is 1. The van der Waals surface area contributed by atoms with Crippen molar-refractivity contribution in [3.05, 3.63) is 89.5 Å². The fourth-order valence-electron chi connectivity index (χ4n) is 3.40. The summed E-state index contributed by atoms with van der Waals surface area (Å²) >= 11 is -2.63. The number of ether oxygens (including phenoxy) is 1. The van der Waals surface area contributed by atoms with Crippen LogP contribution in [-0.4, -0.2) is 33.1 Å². The lowest BCUT2D eigenvalue weighted by Crippen LogP contribution is -2.21. The number of nitrogen functional groups attached to an aromatic ring is 1. The van der Waals surface area contributed by atoms with Gasteiger partial charge in [0.1, 0.15) is 5.84 Å². The summed E-state index contributed by atoms with van der Waals surface area (Å²) in [5.74, 6) is -0.902. The second-order valence-corrected chi connectivity index (χ2v) is 8.31. The molecule has 0 aliphatic heterocycles. The lowest BCUT2D eigenvalue weighted by atomic mass is 10.1. The number of anilines is 3. The zero-order valence-corrected chi connectivity index (χ0v) is 19.8. The van der Waals surface area contributed by atoms with E-state index in [0.717, 1.165) is 4.31 Å². The van der Waals surface area contributed by atoms with Crippen LogP contribution in [-0.2, 0) is 38.4 Å². The number of benzene rings is 3. The maximum Gasteiger partial charge on any atom is 0.310 e. The van der Waals surface area contributed by atoms with Crippen molar-refractivity contribution in [2.45, 2.75) is 19.8 Å². The van der Waals surface area contributed by atoms with Gasteiger partial charge in [-0.2, -0.15) is 0 Å². The van der Waals surface area contributed by atoms with Gasteiger partial charge in [0.05, 0.1) is 42.1 Å². The number of hydrogen-bond acceptors (Lipinski definition) is 6. The third-order valence-corrected chi connectivity index (χ3v) is 5.73. The Morgan fingerprint density at radius 3 is 2.31 bits per heavy atom. The number of nitrogens with one attached hydrogen (secondary N) is 2. The number of nitrogens with two attached hydrogens (primary N) is 1. The minimum absolute atomic E-state index is 0.0249. The van der Waals surface area contributed by atoms with E-state index in [1.807, 2.05) is 0 Å². The highest BCUT2D eigenvalue weighted by Crippen LogP contribution is 2.31. The fraction of sp³-hybridized carbons (Fsp3) is 0.160. The van der Waals surface area contributed by atoms with Crippen molar-refractivity contribution in [3.8, 4) is 0 Å². The summed E-state index contributed by atoms with van der Waals surface area (Å²) in [5, 5.41) is 10.3. The highest BCUT2D eigenvalue weighted by atomic mass is 32.2. The summed E-state index contributed by atoms with van der Waals surface area (Å²) in [4.78, 5) is 24.9. The van der Waals surface area contributed by atoms with E-state index >= 15 is 0 Å². The van der Waals surface area contributed by atoms with Crippen molar-refractivity contribution < 1.29 is 23.1 Å². The maximum absolute atomic E-state index is 12.8. The predicted octanol–water partition coefficient (Wildman–Crippen LogP) is 3.19. The topological polar surface area (TPSA) is 149 Å². The number of amides is 1. The molecule has 3 rings (SSSR count). The van der Waals surface area contributed by atoms with E-state index < -0.39 is 17.2 Å². The number of carbonyl (C=O) groups is 2. The number of carbonyl (C=O) groups excluding carboxylic acids is 2. The molecule has 4 N–H and O–H groups in total. The maximum atomic E-state index is 12.8. The standard InChI is InChI=1S/C25H26N4O5S/c1-2-34-24(31)15-19-12-13-21(29(35(32)33)20-6-4-3-5-7-20)16-22(19)28-23(30)14-17-8-10-18(11-9-17)25(26)27/h3-13,16H,2,14-15H2,1H3,(H3,26,27)(H,28,30)(H,32,33)/p-1. The molecule has 9 nitrogen and oxygen atoms in total. The lowest BCUT2D eigenvalue weighted by molar-refractivity contribution is -0.142. The second kappa shape index (κ2) is 11.9. The summed E-state index contributed by atoms with van der Waals surface area (Å²) in [5.41, 5.74) is 8.20. The van der Waals surface area contributed by atoms with Gasteiger partial charge in [-0.25, -0.2) is 0 Å². The Morgan fingerprint density at radius 2 is 1.71 bits per heavy atom. The molecule has 3 aromatic rings. The van der Waals surface area contributed by atoms with E-state index in [1.54, 1.807) is 73.7 Å².